The van der Waals surface area contributed by atoms with Gasteiger partial charge >= 0.3 is 0 Å². The second-order valence-electron chi connectivity index (χ2n) is 7.67. The van der Waals surface area contributed by atoms with Crippen molar-refractivity contribution in [1.82, 2.24) is 5.32 Å². The van der Waals surface area contributed by atoms with Crippen molar-refractivity contribution in [3.05, 3.63) is 35.4 Å². The first-order valence-corrected chi connectivity index (χ1v) is 8.20. The van der Waals surface area contributed by atoms with Crippen LogP contribution < -0.4 is 5.32 Å². The van der Waals surface area contributed by atoms with Gasteiger partial charge in [-0.25, -0.2) is 0 Å². The summed E-state index contributed by atoms with van der Waals surface area (Å²) in [6.45, 7) is 11.7. The molecule has 1 fully saturated rings. The lowest BCUT2D eigenvalue weighted by molar-refractivity contribution is 0.124. The van der Waals surface area contributed by atoms with E-state index >= 15 is 0 Å². The molecule has 20 heavy (non-hydrogen) atoms. The number of hydrogen-bond donors (Lipinski definition) is 1. The molecular weight excluding hydrogens is 242 g/mol. The maximum atomic E-state index is 3.92. The summed E-state index contributed by atoms with van der Waals surface area (Å²) in [7, 11) is 0. The Morgan fingerprint density at radius 1 is 1.15 bits per heavy atom. The molecule has 0 bridgehead atoms. The van der Waals surface area contributed by atoms with Gasteiger partial charge < -0.3 is 5.32 Å². The molecule has 0 aromatic heterocycles. The topological polar surface area (TPSA) is 12.0 Å². The zero-order chi connectivity index (χ0) is 14.8. The first kappa shape index (κ1) is 15.6. The first-order chi connectivity index (χ1) is 9.38. The summed E-state index contributed by atoms with van der Waals surface area (Å²) >= 11 is 0. The summed E-state index contributed by atoms with van der Waals surface area (Å²) in [5.41, 5.74) is 3.18. The van der Waals surface area contributed by atoms with Gasteiger partial charge in [-0.05, 0) is 43.6 Å². The Labute approximate surface area is 125 Å². The molecule has 1 aliphatic carbocycles. The fourth-order valence-electron chi connectivity index (χ4n) is 3.72. The van der Waals surface area contributed by atoms with Crippen molar-refractivity contribution in [2.24, 2.45) is 11.3 Å². The van der Waals surface area contributed by atoms with Gasteiger partial charge in [-0.15, -0.1) is 0 Å². The van der Waals surface area contributed by atoms with E-state index in [0.29, 0.717) is 17.5 Å². The number of nitrogens with one attached hydrogen (secondary N) is 1. The number of rotatable bonds is 3. The zero-order valence-corrected chi connectivity index (χ0v) is 13.9. The van der Waals surface area contributed by atoms with Crippen LogP contribution in [0.25, 0.3) is 0 Å². The van der Waals surface area contributed by atoms with Crippen molar-refractivity contribution < 1.29 is 0 Å². The standard InChI is InChI=1S/C19H31N/c1-14-9-8-10-16(13-14)15(2)20-18-12-7-6-11-17(18)19(3,4)5/h8-10,13,15,17-18,20H,6-7,11-12H2,1-5H3. The first-order valence-electron chi connectivity index (χ1n) is 8.20. The van der Waals surface area contributed by atoms with Crippen LogP contribution >= 0.6 is 0 Å². The SMILES string of the molecule is Cc1cccc(C(C)NC2CCCCC2C(C)(C)C)c1. The molecule has 0 spiro atoms. The smallest absolute Gasteiger partial charge is 0.0294 e. The van der Waals surface area contributed by atoms with Gasteiger partial charge in [0.2, 0.25) is 0 Å². The van der Waals surface area contributed by atoms with E-state index in [0.717, 1.165) is 5.92 Å². The molecule has 0 radical (unpaired) electrons. The van der Waals surface area contributed by atoms with Crippen LogP contribution in [0.3, 0.4) is 0 Å². The maximum Gasteiger partial charge on any atom is 0.0294 e. The molecule has 0 aliphatic heterocycles. The van der Waals surface area contributed by atoms with Crippen LogP contribution in [-0.4, -0.2) is 6.04 Å². The van der Waals surface area contributed by atoms with Crippen LogP contribution in [0, 0.1) is 18.3 Å². The molecule has 2 rings (SSSR count). The minimum Gasteiger partial charge on any atom is -0.307 e. The number of benzene rings is 1. The summed E-state index contributed by atoms with van der Waals surface area (Å²) in [4.78, 5) is 0. The van der Waals surface area contributed by atoms with Gasteiger partial charge in [0.1, 0.15) is 0 Å². The molecule has 1 heteroatoms. The third-order valence-corrected chi connectivity index (χ3v) is 4.88. The van der Waals surface area contributed by atoms with Crippen molar-refractivity contribution >= 4 is 0 Å². The number of hydrogen-bond acceptors (Lipinski definition) is 1. The van der Waals surface area contributed by atoms with Crippen LogP contribution in [0.2, 0.25) is 0 Å². The van der Waals surface area contributed by atoms with E-state index in [1.54, 1.807) is 0 Å². The number of aryl methyl sites for hydroxylation is 1. The maximum absolute atomic E-state index is 3.92. The molecule has 1 aromatic rings. The summed E-state index contributed by atoms with van der Waals surface area (Å²) in [6, 6.07) is 10.0. The van der Waals surface area contributed by atoms with Crippen LogP contribution in [0.1, 0.15) is 70.5 Å². The second kappa shape index (κ2) is 6.30. The Balaban J connectivity index is 2.07. The molecule has 1 saturated carbocycles. The Morgan fingerprint density at radius 2 is 1.85 bits per heavy atom. The Hall–Kier alpha value is -0.820. The minimum atomic E-state index is 0.407. The van der Waals surface area contributed by atoms with Gasteiger partial charge in [-0.1, -0.05) is 63.4 Å². The molecule has 0 amide bonds. The van der Waals surface area contributed by atoms with Crippen molar-refractivity contribution in [1.29, 1.82) is 0 Å². The molecular formula is C19H31N. The monoisotopic (exact) mass is 273 g/mol. The van der Waals surface area contributed by atoms with Crippen LogP contribution in [-0.2, 0) is 0 Å². The van der Waals surface area contributed by atoms with E-state index in [1.165, 1.54) is 36.8 Å². The van der Waals surface area contributed by atoms with E-state index in [-0.39, 0.29) is 0 Å². The van der Waals surface area contributed by atoms with E-state index in [9.17, 15) is 0 Å². The molecule has 0 heterocycles. The largest absolute Gasteiger partial charge is 0.307 e. The van der Waals surface area contributed by atoms with Crippen molar-refractivity contribution in [2.45, 2.75) is 72.4 Å². The molecule has 3 unspecified atom stereocenters. The Bertz CT molecular complexity index is 430. The highest BCUT2D eigenvalue weighted by molar-refractivity contribution is 5.24. The molecule has 1 nitrogen and oxygen atoms in total. The average molecular weight is 273 g/mol. The fraction of sp³-hybridized carbons (Fsp3) is 0.684. The van der Waals surface area contributed by atoms with E-state index in [4.69, 9.17) is 0 Å². The molecule has 0 saturated heterocycles. The lowest BCUT2D eigenvalue weighted by Crippen LogP contribution is -2.45. The highest BCUT2D eigenvalue weighted by Gasteiger charge is 2.34. The van der Waals surface area contributed by atoms with Crippen molar-refractivity contribution in [3.8, 4) is 0 Å². The third kappa shape index (κ3) is 3.85. The molecule has 1 N–H and O–H groups in total. The highest BCUT2D eigenvalue weighted by Crippen LogP contribution is 2.38. The predicted molar refractivity (Wildman–Crippen MR) is 87.9 cm³/mol. The highest BCUT2D eigenvalue weighted by atomic mass is 15.0. The van der Waals surface area contributed by atoms with Gasteiger partial charge in [0.05, 0.1) is 0 Å². The van der Waals surface area contributed by atoms with Gasteiger partial charge in [-0.3, -0.25) is 0 Å². The van der Waals surface area contributed by atoms with E-state index < -0.39 is 0 Å². The fourth-order valence-corrected chi connectivity index (χ4v) is 3.72. The van der Waals surface area contributed by atoms with Gasteiger partial charge in [0.15, 0.2) is 0 Å². The molecule has 3 atom stereocenters. The van der Waals surface area contributed by atoms with E-state index in [2.05, 4.69) is 64.2 Å². The second-order valence-corrected chi connectivity index (χ2v) is 7.67. The normalized spacial score (nSPS) is 25.4. The zero-order valence-electron chi connectivity index (χ0n) is 13.9. The minimum absolute atomic E-state index is 0.407. The summed E-state index contributed by atoms with van der Waals surface area (Å²) in [5.74, 6) is 0.795. The molecule has 112 valence electrons. The summed E-state index contributed by atoms with van der Waals surface area (Å²) in [5, 5.41) is 3.92. The summed E-state index contributed by atoms with van der Waals surface area (Å²) < 4.78 is 0. The predicted octanol–water partition coefficient (Wildman–Crippen LogP) is 5.25. The van der Waals surface area contributed by atoms with Gasteiger partial charge in [-0.2, -0.15) is 0 Å². The van der Waals surface area contributed by atoms with Crippen LogP contribution in [0.4, 0.5) is 0 Å². The molecule has 1 aliphatic rings. The average Bonchev–Trinajstić information content (AvgIpc) is 2.38. The summed E-state index contributed by atoms with van der Waals surface area (Å²) in [6.07, 6.45) is 5.49. The van der Waals surface area contributed by atoms with Crippen LogP contribution in [0.15, 0.2) is 24.3 Å². The molecule has 1 aromatic carbocycles. The lowest BCUT2D eigenvalue weighted by atomic mass is 9.69. The van der Waals surface area contributed by atoms with E-state index in [1.807, 2.05) is 0 Å². The third-order valence-electron chi connectivity index (χ3n) is 4.88. The van der Waals surface area contributed by atoms with Crippen molar-refractivity contribution in [2.75, 3.05) is 0 Å². The Morgan fingerprint density at radius 3 is 2.50 bits per heavy atom. The quantitative estimate of drug-likeness (QED) is 0.793. The van der Waals surface area contributed by atoms with Gasteiger partial charge in [0, 0.05) is 12.1 Å². The van der Waals surface area contributed by atoms with Gasteiger partial charge in [0.25, 0.3) is 0 Å². The lowest BCUT2D eigenvalue weighted by Gasteiger charge is -2.42. The Kier molecular flexibility index (Phi) is 4.90. The van der Waals surface area contributed by atoms with Crippen LogP contribution in [0.5, 0.6) is 0 Å². The van der Waals surface area contributed by atoms with Crippen molar-refractivity contribution in [3.63, 3.8) is 0 Å².